The molecule has 1 fully saturated rings. The van der Waals surface area contributed by atoms with Crippen molar-refractivity contribution >= 4 is 5.65 Å². The predicted molar refractivity (Wildman–Crippen MR) is 62.8 cm³/mol. The number of piperidine rings is 1. The highest BCUT2D eigenvalue weighted by Crippen LogP contribution is 2.30. The first kappa shape index (κ1) is 12.4. The normalized spacial score (nSPS) is 18.1. The van der Waals surface area contributed by atoms with Crippen molar-refractivity contribution in [3.63, 3.8) is 0 Å². The number of pyridine rings is 1. The van der Waals surface area contributed by atoms with Gasteiger partial charge in [0, 0.05) is 12.1 Å². The highest BCUT2D eigenvalue weighted by Gasteiger charge is 2.31. The van der Waals surface area contributed by atoms with Crippen LogP contribution in [0.1, 0.15) is 30.1 Å². The molecule has 102 valence electrons. The van der Waals surface area contributed by atoms with Crippen LogP contribution in [0.15, 0.2) is 18.3 Å². The number of nitrogens with one attached hydrogen (secondary N) is 1. The summed E-state index contributed by atoms with van der Waals surface area (Å²) in [7, 11) is 0. The predicted octanol–water partition coefficient (Wildman–Crippen LogP) is 2.22. The summed E-state index contributed by atoms with van der Waals surface area (Å²) in [6.45, 7) is 1.72. The zero-order valence-corrected chi connectivity index (χ0v) is 10.1. The molecule has 4 nitrogen and oxygen atoms in total. The Morgan fingerprint density at radius 2 is 1.89 bits per heavy atom. The van der Waals surface area contributed by atoms with E-state index in [1.165, 1.54) is 10.5 Å². The molecule has 0 unspecified atom stereocenters. The van der Waals surface area contributed by atoms with E-state index in [2.05, 4.69) is 15.5 Å². The van der Waals surface area contributed by atoms with E-state index in [1.807, 2.05) is 0 Å². The fourth-order valence-electron chi connectivity index (χ4n) is 2.43. The zero-order chi connectivity index (χ0) is 13.5. The van der Waals surface area contributed by atoms with Gasteiger partial charge in [-0.2, -0.15) is 13.2 Å². The SMILES string of the molecule is FC(F)(F)c1ccc2nnc(C3CCNCC3)n2c1. The van der Waals surface area contributed by atoms with Crippen LogP contribution in [0.4, 0.5) is 13.2 Å². The van der Waals surface area contributed by atoms with Crippen molar-refractivity contribution in [1.29, 1.82) is 0 Å². The van der Waals surface area contributed by atoms with Gasteiger partial charge in [-0.25, -0.2) is 0 Å². The molecule has 0 radical (unpaired) electrons. The molecule has 1 N–H and O–H groups in total. The Kier molecular flexibility index (Phi) is 2.93. The van der Waals surface area contributed by atoms with E-state index in [0.29, 0.717) is 11.5 Å². The molecular weight excluding hydrogens is 257 g/mol. The molecule has 7 heteroatoms. The largest absolute Gasteiger partial charge is 0.417 e. The molecule has 0 bridgehead atoms. The van der Waals surface area contributed by atoms with Crippen LogP contribution < -0.4 is 5.32 Å². The second-order valence-electron chi connectivity index (χ2n) is 4.73. The number of nitrogens with zero attached hydrogens (tertiary/aromatic N) is 3. The molecule has 0 aromatic carbocycles. The second-order valence-corrected chi connectivity index (χ2v) is 4.73. The summed E-state index contributed by atoms with van der Waals surface area (Å²) in [5.74, 6) is 0.794. The molecular formula is C12H13F3N4. The molecule has 2 aromatic rings. The number of halogens is 3. The van der Waals surface area contributed by atoms with Crippen molar-refractivity contribution in [2.24, 2.45) is 0 Å². The summed E-state index contributed by atoms with van der Waals surface area (Å²) >= 11 is 0. The first-order chi connectivity index (χ1) is 9.05. The Labute approximate surface area is 107 Å². The maximum Gasteiger partial charge on any atom is 0.417 e. The smallest absolute Gasteiger partial charge is 0.317 e. The molecule has 0 saturated carbocycles. The van der Waals surface area contributed by atoms with E-state index >= 15 is 0 Å². The van der Waals surface area contributed by atoms with Gasteiger partial charge in [0.15, 0.2) is 5.65 Å². The summed E-state index contributed by atoms with van der Waals surface area (Å²) in [4.78, 5) is 0. The van der Waals surface area contributed by atoms with Crippen molar-refractivity contribution in [3.05, 3.63) is 29.7 Å². The lowest BCUT2D eigenvalue weighted by molar-refractivity contribution is -0.137. The van der Waals surface area contributed by atoms with Gasteiger partial charge in [-0.3, -0.25) is 4.40 Å². The van der Waals surface area contributed by atoms with Crippen molar-refractivity contribution in [2.75, 3.05) is 13.1 Å². The van der Waals surface area contributed by atoms with E-state index in [4.69, 9.17) is 0 Å². The number of hydrogen-bond donors (Lipinski definition) is 1. The molecule has 19 heavy (non-hydrogen) atoms. The van der Waals surface area contributed by atoms with Crippen LogP contribution in [0, 0.1) is 0 Å². The molecule has 3 rings (SSSR count). The molecule has 2 aromatic heterocycles. The van der Waals surface area contributed by atoms with E-state index in [0.717, 1.165) is 38.2 Å². The van der Waals surface area contributed by atoms with Gasteiger partial charge >= 0.3 is 6.18 Å². The highest BCUT2D eigenvalue weighted by molar-refractivity contribution is 5.40. The fourth-order valence-corrected chi connectivity index (χ4v) is 2.43. The van der Waals surface area contributed by atoms with E-state index in [1.54, 1.807) is 0 Å². The first-order valence-electron chi connectivity index (χ1n) is 6.18. The number of aromatic nitrogens is 3. The van der Waals surface area contributed by atoms with Gasteiger partial charge in [-0.05, 0) is 38.1 Å². The standard InChI is InChI=1S/C12H13F3N4/c13-12(14,15)9-1-2-10-17-18-11(19(10)7-9)8-3-5-16-6-4-8/h1-2,7-8,16H,3-6H2. The molecule has 0 spiro atoms. The topological polar surface area (TPSA) is 42.2 Å². The average molecular weight is 270 g/mol. The Morgan fingerprint density at radius 3 is 2.58 bits per heavy atom. The number of rotatable bonds is 1. The monoisotopic (exact) mass is 270 g/mol. The van der Waals surface area contributed by atoms with E-state index in [-0.39, 0.29) is 5.92 Å². The molecule has 0 aliphatic carbocycles. The third-order valence-corrected chi connectivity index (χ3v) is 3.46. The zero-order valence-electron chi connectivity index (χ0n) is 10.1. The lowest BCUT2D eigenvalue weighted by Gasteiger charge is -2.21. The van der Waals surface area contributed by atoms with Crippen molar-refractivity contribution in [3.8, 4) is 0 Å². The van der Waals surface area contributed by atoms with Crippen LogP contribution in [-0.2, 0) is 6.18 Å². The number of fused-ring (bicyclic) bond motifs is 1. The van der Waals surface area contributed by atoms with Crippen LogP contribution in [0.2, 0.25) is 0 Å². The first-order valence-corrected chi connectivity index (χ1v) is 6.18. The fraction of sp³-hybridized carbons (Fsp3) is 0.500. The molecule has 0 amide bonds. The van der Waals surface area contributed by atoms with Crippen LogP contribution in [0.25, 0.3) is 5.65 Å². The van der Waals surface area contributed by atoms with Gasteiger partial charge in [-0.1, -0.05) is 0 Å². The third kappa shape index (κ3) is 2.30. The second kappa shape index (κ2) is 4.48. The molecule has 1 aliphatic heterocycles. The van der Waals surface area contributed by atoms with Gasteiger partial charge in [0.25, 0.3) is 0 Å². The maximum absolute atomic E-state index is 12.7. The Balaban J connectivity index is 2.05. The van der Waals surface area contributed by atoms with Crippen LogP contribution in [0.3, 0.4) is 0 Å². The van der Waals surface area contributed by atoms with Gasteiger partial charge in [-0.15, -0.1) is 10.2 Å². The maximum atomic E-state index is 12.7. The highest BCUT2D eigenvalue weighted by atomic mass is 19.4. The minimum absolute atomic E-state index is 0.166. The Morgan fingerprint density at radius 1 is 1.16 bits per heavy atom. The van der Waals surface area contributed by atoms with Crippen LogP contribution in [0.5, 0.6) is 0 Å². The van der Waals surface area contributed by atoms with Crippen LogP contribution >= 0.6 is 0 Å². The summed E-state index contributed by atoms with van der Waals surface area (Å²) in [5.41, 5.74) is -0.212. The van der Waals surface area contributed by atoms with Crippen molar-refractivity contribution in [1.82, 2.24) is 19.9 Å². The quantitative estimate of drug-likeness (QED) is 0.864. The van der Waals surface area contributed by atoms with Gasteiger partial charge in [0.1, 0.15) is 5.82 Å². The van der Waals surface area contributed by atoms with E-state index in [9.17, 15) is 13.2 Å². The third-order valence-electron chi connectivity index (χ3n) is 3.46. The summed E-state index contributed by atoms with van der Waals surface area (Å²) < 4.78 is 39.7. The summed E-state index contributed by atoms with van der Waals surface area (Å²) in [6.07, 6.45) is -1.51. The minimum Gasteiger partial charge on any atom is -0.317 e. The van der Waals surface area contributed by atoms with Crippen molar-refractivity contribution < 1.29 is 13.2 Å². The average Bonchev–Trinajstić information content (AvgIpc) is 2.81. The minimum atomic E-state index is -4.34. The summed E-state index contributed by atoms with van der Waals surface area (Å²) in [5, 5.41) is 11.2. The van der Waals surface area contributed by atoms with Gasteiger partial charge in [0.05, 0.1) is 5.56 Å². The van der Waals surface area contributed by atoms with E-state index < -0.39 is 11.7 Å². The Bertz CT molecular complexity index is 584. The summed E-state index contributed by atoms with van der Waals surface area (Å²) in [6, 6.07) is 2.40. The number of alkyl halides is 3. The van der Waals surface area contributed by atoms with Gasteiger partial charge < -0.3 is 5.32 Å². The molecule has 3 heterocycles. The lowest BCUT2D eigenvalue weighted by Crippen LogP contribution is -2.27. The lowest BCUT2D eigenvalue weighted by atomic mass is 9.97. The van der Waals surface area contributed by atoms with Gasteiger partial charge in [0.2, 0.25) is 0 Å². The van der Waals surface area contributed by atoms with Crippen LogP contribution in [-0.4, -0.2) is 27.7 Å². The molecule has 1 aliphatic rings. The number of hydrogen-bond acceptors (Lipinski definition) is 3. The van der Waals surface area contributed by atoms with Crippen molar-refractivity contribution in [2.45, 2.75) is 24.9 Å². The Hall–Kier alpha value is -1.63. The molecule has 1 saturated heterocycles. The molecule has 0 atom stereocenters.